The first kappa shape index (κ1) is 22.8. The molecule has 1 saturated heterocycles. The van der Waals surface area contributed by atoms with Crippen LogP contribution in [0.25, 0.3) is 5.57 Å². The van der Waals surface area contributed by atoms with E-state index in [1.165, 1.54) is 11.3 Å². The van der Waals surface area contributed by atoms with Crippen LogP contribution in [0.1, 0.15) is 36.5 Å². The third kappa shape index (κ3) is 6.11. The van der Waals surface area contributed by atoms with Crippen LogP contribution in [0.5, 0.6) is 0 Å². The number of piperidine rings is 1. The van der Waals surface area contributed by atoms with Crippen LogP contribution in [0.15, 0.2) is 85.4 Å². The Bertz CT molecular complexity index is 1070. The molecule has 0 unspecified atom stereocenters. The molecule has 4 rings (SSSR count). The number of hydrogen-bond acceptors (Lipinski definition) is 3. The summed E-state index contributed by atoms with van der Waals surface area (Å²) in [7, 11) is 0. The van der Waals surface area contributed by atoms with Crippen LogP contribution in [0.3, 0.4) is 0 Å². The number of aryl methyl sites for hydroxylation is 1. The molecule has 0 aromatic heterocycles. The van der Waals surface area contributed by atoms with E-state index in [1.807, 2.05) is 42.5 Å². The molecule has 1 aliphatic heterocycles. The topological polar surface area (TPSA) is 44.4 Å². The fourth-order valence-electron chi connectivity index (χ4n) is 4.39. The first-order chi connectivity index (χ1) is 16.1. The lowest BCUT2D eigenvalue weighted by Crippen LogP contribution is -2.42. The van der Waals surface area contributed by atoms with Gasteiger partial charge < -0.3 is 10.6 Å². The van der Waals surface area contributed by atoms with Gasteiger partial charge in [0.1, 0.15) is 0 Å². The lowest BCUT2D eigenvalue weighted by Gasteiger charge is -2.32. The number of hydrogen-bond donors (Lipinski definition) is 2. The van der Waals surface area contributed by atoms with Gasteiger partial charge in [0.15, 0.2) is 0 Å². The van der Waals surface area contributed by atoms with Gasteiger partial charge in [-0.3, -0.25) is 9.69 Å². The maximum atomic E-state index is 12.6. The van der Waals surface area contributed by atoms with E-state index in [4.69, 9.17) is 0 Å². The van der Waals surface area contributed by atoms with Crippen molar-refractivity contribution in [1.82, 2.24) is 4.90 Å². The fraction of sp³-hybridized carbons (Fsp3) is 0.276. The van der Waals surface area contributed by atoms with E-state index in [0.29, 0.717) is 12.6 Å². The summed E-state index contributed by atoms with van der Waals surface area (Å²) in [5.41, 5.74) is 6.56. The Morgan fingerprint density at radius 3 is 2.24 bits per heavy atom. The lowest BCUT2D eigenvalue weighted by atomic mass is 9.99. The number of rotatable bonds is 8. The Labute approximate surface area is 197 Å². The quantitative estimate of drug-likeness (QED) is 0.464. The highest BCUT2D eigenvalue weighted by atomic mass is 16.2. The summed E-state index contributed by atoms with van der Waals surface area (Å²) in [6, 6.07) is 27.0. The first-order valence-electron chi connectivity index (χ1n) is 11.8. The normalized spacial score (nSPS) is 14.6. The first-order valence-corrected chi connectivity index (χ1v) is 11.8. The molecule has 0 aliphatic carbocycles. The zero-order valence-electron chi connectivity index (χ0n) is 19.4. The number of carbonyl (C=O) groups excluding carboxylic acids is 1. The van der Waals surface area contributed by atoms with Crippen molar-refractivity contribution in [2.75, 3.05) is 30.3 Å². The summed E-state index contributed by atoms with van der Waals surface area (Å²) in [6.07, 6.45) is 3.12. The predicted molar refractivity (Wildman–Crippen MR) is 139 cm³/mol. The molecule has 4 heteroatoms. The molecule has 1 amide bonds. The van der Waals surface area contributed by atoms with Gasteiger partial charge >= 0.3 is 0 Å². The van der Waals surface area contributed by atoms with Crippen LogP contribution in [-0.4, -0.2) is 36.5 Å². The number of carbonyl (C=O) groups is 1. The minimum absolute atomic E-state index is 0.0346. The van der Waals surface area contributed by atoms with Crippen molar-refractivity contribution in [2.24, 2.45) is 0 Å². The van der Waals surface area contributed by atoms with E-state index < -0.39 is 0 Å². The third-order valence-electron chi connectivity index (χ3n) is 6.35. The number of nitrogens with one attached hydrogen (secondary N) is 2. The average molecular weight is 440 g/mol. The van der Waals surface area contributed by atoms with E-state index in [-0.39, 0.29) is 5.91 Å². The zero-order chi connectivity index (χ0) is 23.0. The second-order valence-corrected chi connectivity index (χ2v) is 8.68. The van der Waals surface area contributed by atoms with E-state index >= 15 is 0 Å². The van der Waals surface area contributed by atoms with Gasteiger partial charge in [-0.2, -0.15) is 0 Å². The van der Waals surface area contributed by atoms with Crippen LogP contribution < -0.4 is 10.6 Å². The molecule has 3 aromatic carbocycles. The fourth-order valence-corrected chi connectivity index (χ4v) is 4.39. The van der Waals surface area contributed by atoms with Gasteiger partial charge in [0.2, 0.25) is 5.91 Å². The molecule has 33 heavy (non-hydrogen) atoms. The third-order valence-corrected chi connectivity index (χ3v) is 6.35. The largest absolute Gasteiger partial charge is 0.382 e. The molecule has 0 bridgehead atoms. The van der Waals surface area contributed by atoms with Gasteiger partial charge in [-0.15, -0.1) is 0 Å². The molecule has 0 atom stereocenters. The number of benzene rings is 3. The van der Waals surface area contributed by atoms with Crippen LogP contribution in [0.4, 0.5) is 11.4 Å². The Kier molecular flexibility index (Phi) is 7.59. The Morgan fingerprint density at radius 1 is 0.909 bits per heavy atom. The minimum Gasteiger partial charge on any atom is -0.382 e. The maximum absolute atomic E-state index is 12.6. The molecule has 0 spiro atoms. The molecule has 4 nitrogen and oxygen atoms in total. The highest BCUT2D eigenvalue weighted by Gasteiger charge is 2.21. The highest BCUT2D eigenvalue weighted by molar-refractivity contribution is 5.92. The zero-order valence-corrected chi connectivity index (χ0v) is 19.4. The average Bonchev–Trinajstić information content (AvgIpc) is 2.86. The Balaban J connectivity index is 1.24. The molecule has 1 aliphatic rings. The molecule has 0 saturated carbocycles. The molecule has 0 radical (unpaired) electrons. The molecule has 170 valence electrons. The molecule has 1 fully saturated rings. The Morgan fingerprint density at radius 2 is 1.55 bits per heavy atom. The van der Waals surface area contributed by atoms with Crippen molar-refractivity contribution in [3.05, 3.63) is 102 Å². The lowest BCUT2D eigenvalue weighted by molar-refractivity contribution is -0.117. The van der Waals surface area contributed by atoms with Crippen molar-refractivity contribution in [1.29, 1.82) is 0 Å². The summed E-state index contributed by atoms with van der Waals surface area (Å²) < 4.78 is 0. The second-order valence-electron chi connectivity index (χ2n) is 8.68. The van der Waals surface area contributed by atoms with Crippen molar-refractivity contribution < 1.29 is 4.79 Å². The van der Waals surface area contributed by atoms with Gasteiger partial charge in [0.05, 0.1) is 6.54 Å². The van der Waals surface area contributed by atoms with Crippen LogP contribution >= 0.6 is 0 Å². The van der Waals surface area contributed by atoms with Crippen LogP contribution in [0.2, 0.25) is 0 Å². The number of anilines is 2. The van der Waals surface area contributed by atoms with Gasteiger partial charge in [-0.25, -0.2) is 0 Å². The number of amides is 1. The maximum Gasteiger partial charge on any atom is 0.238 e. The van der Waals surface area contributed by atoms with Gasteiger partial charge in [-0.05, 0) is 59.7 Å². The van der Waals surface area contributed by atoms with Crippen LogP contribution in [-0.2, 0) is 11.2 Å². The summed E-state index contributed by atoms with van der Waals surface area (Å²) in [5, 5.41) is 6.74. The Hall–Kier alpha value is -3.37. The van der Waals surface area contributed by atoms with Crippen molar-refractivity contribution >= 4 is 22.9 Å². The predicted octanol–water partition coefficient (Wildman–Crippen LogP) is 5.83. The van der Waals surface area contributed by atoms with Gasteiger partial charge in [-0.1, -0.05) is 74.2 Å². The smallest absolute Gasteiger partial charge is 0.238 e. The molecular formula is C29H33N3O. The molecule has 2 N–H and O–H groups in total. The molecule has 3 aromatic rings. The second kappa shape index (κ2) is 11.0. The standard InChI is InChI=1S/C29H33N3O/c1-3-23-9-7-8-12-28(23)30-27-17-19-32(20-18-27)21-29(33)31-26-15-13-25(14-16-26)22(2)24-10-5-4-6-11-24/h4-16,27,30H,2-3,17-21H2,1H3,(H,31,33). The van der Waals surface area contributed by atoms with Crippen molar-refractivity contribution in [3.8, 4) is 0 Å². The van der Waals surface area contributed by atoms with Crippen LogP contribution in [0, 0.1) is 0 Å². The minimum atomic E-state index is 0.0346. The summed E-state index contributed by atoms with van der Waals surface area (Å²) in [5.74, 6) is 0.0346. The van der Waals surface area contributed by atoms with Crippen molar-refractivity contribution in [2.45, 2.75) is 32.2 Å². The molecular weight excluding hydrogens is 406 g/mol. The summed E-state index contributed by atoms with van der Waals surface area (Å²) in [6.45, 7) is 8.67. The molecule has 1 heterocycles. The number of nitrogens with zero attached hydrogens (tertiary/aromatic N) is 1. The van der Waals surface area contributed by atoms with E-state index in [1.54, 1.807) is 0 Å². The van der Waals surface area contributed by atoms with Gasteiger partial charge in [0, 0.05) is 30.5 Å². The number of para-hydroxylation sites is 1. The number of likely N-dealkylation sites (tertiary alicyclic amines) is 1. The highest BCUT2D eigenvalue weighted by Crippen LogP contribution is 2.23. The monoisotopic (exact) mass is 439 g/mol. The van der Waals surface area contributed by atoms with E-state index in [0.717, 1.165) is 54.7 Å². The van der Waals surface area contributed by atoms with E-state index in [2.05, 4.69) is 65.4 Å². The van der Waals surface area contributed by atoms with Crippen molar-refractivity contribution in [3.63, 3.8) is 0 Å². The van der Waals surface area contributed by atoms with Gasteiger partial charge in [0.25, 0.3) is 0 Å². The van der Waals surface area contributed by atoms with E-state index in [9.17, 15) is 4.79 Å². The summed E-state index contributed by atoms with van der Waals surface area (Å²) >= 11 is 0. The summed E-state index contributed by atoms with van der Waals surface area (Å²) in [4.78, 5) is 14.8. The SMILES string of the molecule is C=C(c1ccccc1)c1ccc(NC(=O)CN2CCC(Nc3ccccc3CC)CC2)cc1.